The molecule has 2 N–H and O–H groups in total. The molecule has 2 aromatic carbocycles. The summed E-state index contributed by atoms with van der Waals surface area (Å²) in [6.45, 7) is 4.36. The molecule has 0 aliphatic carbocycles. The summed E-state index contributed by atoms with van der Waals surface area (Å²) in [6.07, 6.45) is -5.08. The minimum absolute atomic E-state index is 0.0455. The van der Waals surface area contributed by atoms with Crippen LogP contribution in [0.3, 0.4) is 0 Å². The fraction of sp³-hybridized carbons (Fsp3) is 0.417. The molecule has 1 heterocycles. The molecular formula is C24H29ClF3N3O6S. The quantitative estimate of drug-likeness (QED) is 0.493. The number of carboxylic acids is 1. The molecule has 1 fully saturated rings. The number of amides is 1. The molecule has 1 saturated heterocycles. The van der Waals surface area contributed by atoms with Crippen molar-refractivity contribution in [1.29, 1.82) is 0 Å². The summed E-state index contributed by atoms with van der Waals surface area (Å²) in [5.41, 5.74) is 0.996. The third-order valence-corrected chi connectivity index (χ3v) is 7.68. The van der Waals surface area contributed by atoms with E-state index >= 15 is 0 Å². The molecule has 38 heavy (non-hydrogen) atoms. The van der Waals surface area contributed by atoms with Crippen LogP contribution in [0, 0.1) is 0 Å². The number of nitrogens with zero attached hydrogens (tertiary/aromatic N) is 2. The zero-order valence-corrected chi connectivity index (χ0v) is 22.3. The van der Waals surface area contributed by atoms with Gasteiger partial charge in [-0.2, -0.15) is 17.5 Å². The summed E-state index contributed by atoms with van der Waals surface area (Å²) in [5, 5.41) is 10.6. The predicted molar refractivity (Wildman–Crippen MR) is 135 cm³/mol. The molecule has 1 atom stereocenters. The van der Waals surface area contributed by atoms with Crippen molar-refractivity contribution >= 4 is 33.5 Å². The summed E-state index contributed by atoms with van der Waals surface area (Å²) >= 11 is 6.09. The van der Waals surface area contributed by atoms with Gasteiger partial charge >= 0.3 is 12.1 Å². The number of piperazine rings is 1. The number of ether oxygens (including phenoxy) is 1. The molecular weight excluding hydrogens is 551 g/mol. The molecule has 3 rings (SSSR count). The summed E-state index contributed by atoms with van der Waals surface area (Å²) in [7, 11) is -2.63. The van der Waals surface area contributed by atoms with Crippen molar-refractivity contribution in [2.75, 3.05) is 46.4 Å². The first-order valence-corrected chi connectivity index (χ1v) is 13.3. The number of halogens is 4. The molecule has 1 aliphatic heterocycles. The van der Waals surface area contributed by atoms with Gasteiger partial charge in [0.1, 0.15) is 10.6 Å². The number of rotatable bonds is 8. The van der Waals surface area contributed by atoms with E-state index in [9.17, 15) is 26.4 Å². The number of carbonyl (C=O) groups is 2. The molecule has 1 unspecified atom stereocenters. The second-order valence-electron chi connectivity index (χ2n) is 8.34. The summed E-state index contributed by atoms with van der Waals surface area (Å²) in [6, 6.07) is 14.1. The van der Waals surface area contributed by atoms with Gasteiger partial charge in [-0.05, 0) is 29.7 Å². The van der Waals surface area contributed by atoms with E-state index in [0.717, 1.165) is 5.56 Å². The van der Waals surface area contributed by atoms with Gasteiger partial charge in [-0.25, -0.2) is 13.2 Å². The van der Waals surface area contributed by atoms with Crippen molar-refractivity contribution in [3.05, 3.63) is 59.1 Å². The van der Waals surface area contributed by atoms with E-state index in [0.29, 0.717) is 26.2 Å². The minimum Gasteiger partial charge on any atom is -0.495 e. The second kappa shape index (κ2) is 13.8. The van der Waals surface area contributed by atoms with Crippen molar-refractivity contribution in [3.63, 3.8) is 0 Å². The van der Waals surface area contributed by atoms with E-state index in [1.807, 2.05) is 37.3 Å². The van der Waals surface area contributed by atoms with Gasteiger partial charge in [0.15, 0.2) is 0 Å². The van der Waals surface area contributed by atoms with Crippen LogP contribution < -0.4 is 10.1 Å². The first-order chi connectivity index (χ1) is 17.8. The van der Waals surface area contributed by atoms with Gasteiger partial charge in [-0.15, -0.1) is 0 Å². The molecule has 1 aliphatic rings. The highest BCUT2D eigenvalue weighted by Crippen LogP contribution is 2.31. The molecule has 0 spiro atoms. The Labute approximate surface area is 224 Å². The van der Waals surface area contributed by atoms with Gasteiger partial charge in [-0.1, -0.05) is 48.9 Å². The molecule has 210 valence electrons. The number of carbonyl (C=O) groups excluding carboxylic acids is 1. The minimum atomic E-state index is -5.08. The number of sulfonamides is 1. The maximum atomic E-state index is 13.7. The molecule has 0 aromatic heterocycles. The largest absolute Gasteiger partial charge is 0.495 e. The second-order valence-corrected chi connectivity index (χ2v) is 10.7. The Balaban J connectivity index is 0.000000638. The number of alkyl halides is 3. The van der Waals surface area contributed by atoms with Crippen LogP contribution in [-0.2, 0) is 19.6 Å². The highest BCUT2D eigenvalue weighted by atomic mass is 35.5. The van der Waals surface area contributed by atoms with Crippen LogP contribution in [-0.4, -0.2) is 87.2 Å². The Kier molecular flexibility index (Phi) is 11.4. The average Bonchev–Trinajstić information content (AvgIpc) is 2.89. The summed E-state index contributed by atoms with van der Waals surface area (Å²) < 4.78 is 65.6. The average molecular weight is 580 g/mol. The van der Waals surface area contributed by atoms with E-state index in [4.69, 9.17) is 26.2 Å². The number of methoxy groups -OCH3 is 1. The SMILES string of the molecule is COc1ccc(Cl)cc1S(=O)(=O)N(CC(=O)N1CCNCC1)CC(C)c1ccccc1.O=C(O)C(F)(F)F. The molecule has 0 saturated carbocycles. The number of carboxylic acid groups (broad SMARTS) is 1. The normalized spacial score (nSPS) is 14.9. The van der Waals surface area contributed by atoms with Crippen molar-refractivity contribution < 1.29 is 41.0 Å². The van der Waals surface area contributed by atoms with Gasteiger partial charge in [0, 0.05) is 37.7 Å². The van der Waals surface area contributed by atoms with Crippen LogP contribution in [0.4, 0.5) is 13.2 Å². The molecule has 14 heteroatoms. The molecule has 2 aromatic rings. The number of benzene rings is 2. The van der Waals surface area contributed by atoms with Gasteiger partial charge in [0.05, 0.1) is 13.7 Å². The maximum absolute atomic E-state index is 13.7. The van der Waals surface area contributed by atoms with Crippen molar-refractivity contribution in [1.82, 2.24) is 14.5 Å². The maximum Gasteiger partial charge on any atom is 0.490 e. The molecule has 1 amide bonds. The first kappa shape index (κ1) is 31.3. The lowest BCUT2D eigenvalue weighted by Crippen LogP contribution is -2.50. The van der Waals surface area contributed by atoms with Gasteiger partial charge in [0.2, 0.25) is 15.9 Å². The van der Waals surface area contributed by atoms with Crippen molar-refractivity contribution in [2.45, 2.75) is 23.9 Å². The van der Waals surface area contributed by atoms with Crippen LogP contribution in [0.2, 0.25) is 5.02 Å². The predicted octanol–water partition coefficient (Wildman–Crippen LogP) is 3.21. The van der Waals surface area contributed by atoms with Gasteiger partial charge < -0.3 is 20.1 Å². The Morgan fingerprint density at radius 2 is 1.74 bits per heavy atom. The van der Waals surface area contributed by atoms with E-state index in [-0.39, 0.29) is 40.6 Å². The first-order valence-electron chi connectivity index (χ1n) is 11.4. The van der Waals surface area contributed by atoms with Gasteiger partial charge in [0.25, 0.3) is 0 Å². The summed E-state index contributed by atoms with van der Waals surface area (Å²) in [4.78, 5) is 23.5. The van der Waals surface area contributed by atoms with E-state index in [1.54, 1.807) is 11.0 Å². The van der Waals surface area contributed by atoms with E-state index < -0.39 is 22.2 Å². The fourth-order valence-electron chi connectivity index (χ4n) is 3.60. The Hall–Kier alpha value is -2.87. The zero-order valence-electron chi connectivity index (χ0n) is 20.7. The third-order valence-electron chi connectivity index (χ3n) is 5.61. The van der Waals surface area contributed by atoms with Crippen LogP contribution >= 0.6 is 11.6 Å². The van der Waals surface area contributed by atoms with Crippen LogP contribution in [0.25, 0.3) is 0 Å². The van der Waals surface area contributed by atoms with Crippen LogP contribution in [0.1, 0.15) is 18.4 Å². The van der Waals surface area contributed by atoms with Crippen LogP contribution in [0.15, 0.2) is 53.4 Å². The van der Waals surface area contributed by atoms with Crippen LogP contribution in [0.5, 0.6) is 5.75 Å². The van der Waals surface area contributed by atoms with Gasteiger partial charge in [-0.3, -0.25) is 4.79 Å². The Bertz CT molecular complexity index is 1190. The molecule has 0 bridgehead atoms. The lowest BCUT2D eigenvalue weighted by molar-refractivity contribution is -0.192. The fourth-order valence-corrected chi connectivity index (χ4v) is 5.49. The lowest BCUT2D eigenvalue weighted by Gasteiger charge is -2.31. The summed E-state index contributed by atoms with van der Waals surface area (Å²) in [5.74, 6) is -2.90. The number of aliphatic carboxylic acids is 1. The third kappa shape index (κ3) is 8.86. The van der Waals surface area contributed by atoms with Crippen molar-refractivity contribution in [3.8, 4) is 5.75 Å². The zero-order chi connectivity index (χ0) is 28.5. The highest BCUT2D eigenvalue weighted by molar-refractivity contribution is 7.89. The molecule has 0 radical (unpaired) electrons. The Morgan fingerprint density at radius 1 is 1.16 bits per heavy atom. The Morgan fingerprint density at radius 3 is 2.26 bits per heavy atom. The number of hydrogen-bond donors (Lipinski definition) is 2. The monoisotopic (exact) mass is 579 g/mol. The lowest BCUT2D eigenvalue weighted by atomic mass is 10.0. The molecule has 9 nitrogen and oxygen atoms in total. The number of hydrogen-bond acceptors (Lipinski definition) is 6. The topological polar surface area (TPSA) is 116 Å². The van der Waals surface area contributed by atoms with Crippen molar-refractivity contribution in [2.24, 2.45) is 0 Å². The standard InChI is InChI=1S/C22H28ClN3O4S.C2HF3O2/c1-17(18-6-4-3-5-7-18)15-26(16-22(27)25-12-10-24-11-13-25)31(28,29)21-14-19(23)8-9-20(21)30-2;3-2(4,5)1(6)7/h3-9,14,17,24H,10-13,15-16H2,1-2H3;(H,6,7). The van der Waals surface area contributed by atoms with E-state index in [1.165, 1.54) is 23.5 Å². The van der Waals surface area contributed by atoms with E-state index in [2.05, 4.69) is 5.32 Å². The number of nitrogens with one attached hydrogen (secondary N) is 1. The smallest absolute Gasteiger partial charge is 0.490 e. The highest BCUT2D eigenvalue weighted by Gasteiger charge is 2.38.